The fourth-order valence-corrected chi connectivity index (χ4v) is 2.90. The second kappa shape index (κ2) is 7.25. The lowest BCUT2D eigenvalue weighted by molar-refractivity contribution is -0.133. The number of hydrogen-bond acceptors (Lipinski definition) is 2. The first-order valence-electron chi connectivity index (χ1n) is 7.66. The number of nitrogens with one attached hydrogen (secondary N) is 1. The highest BCUT2D eigenvalue weighted by molar-refractivity contribution is 5.79. The molecule has 21 heavy (non-hydrogen) atoms. The molecule has 2 unspecified atom stereocenters. The maximum absolute atomic E-state index is 12.5. The lowest BCUT2D eigenvalue weighted by Crippen LogP contribution is -2.41. The van der Waals surface area contributed by atoms with Gasteiger partial charge in [0.25, 0.3) is 0 Å². The van der Waals surface area contributed by atoms with Crippen LogP contribution in [0.1, 0.15) is 44.7 Å². The van der Waals surface area contributed by atoms with E-state index in [1.165, 1.54) is 13.3 Å². The molecule has 2 amide bonds. The third-order valence-corrected chi connectivity index (χ3v) is 3.97. The van der Waals surface area contributed by atoms with Gasteiger partial charge in [-0.25, -0.2) is 0 Å². The zero-order chi connectivity index (χ0) is 15.2. The predicted molar refractivity (Wildman–Crippen MR) is 82.6 cm³/mol. The van der Waals surface area contributed by atoms with Crippen molar-refractivity contribution in [2.45, 2.75) is 39.2 Å². The minimum Gasteiger partial charge on any atom is -0.349 e. The van der Waals surface area contributed by atoms with Crippen molar-refractivity contribution in [3.05, 3.63) is 35.9 Å². The van der Waals surface area contributed by atoms with Crippen molar-refractivity contribution in [1.82, 2.24) is 10.2 Å². The summed E-state index contributed by atoms with van der Waals surface area (Å²) in [5, 5.41) is 2.89. The van der Waals surface area contributed by atoms with Gasteiger partial charge < -0.3 is 10.2 Å². The SMILES string of the molecule is CC(=O)NC(CC(=O)N1CCCC(C)C1)c1ccccc1. The molecular weight excluding hydrogens is 264 g/mol. The summed E-state index contributed by atoms with van der Waals surface area (Å²) in [5.41, 5.74) is 0.978. The molecule has 0 radical (unpaired) electrons. The van der Waals surface area contributed by atoms with E-state index in [4.69, 9.17) is 0 Å². The molecule has 1 saturated heterocycles. The average molecular weight is 288 g/mol. The van der Waals surface area contributed by atoms with Gasteiger partial charge in [0.05, 0.1) is 12.5 Å². The molecule has 1 aliphatic rings. The molecule has 1 aromatic carbocycles. The summed E-state index contributed by atoms with van der Waals surface area (Å²) in [6.45, 7) is 5.34. The Hall–Kier alpha value is -1.84. The van der Waals surface area contributed by atoms with E-state index in [1.54, 1.807) is 0 Å². The summed E-state index contributed by atoms with van der Waals surface area (Å²) in [6, 6.07) is 9.45. The van der Waals surface area contributed by atoms with Gasteiger partial charge >= 0.3 is 0 Å². The van der Waals surface area contributed by atoms with Crippen LogP contribution in [0.25, 0.3) is 0 Å². The number of nitrogens with zero attached hydrogens (tertiary/aromatic N) is 1. The largest absolute Gasteiger partial charge is 0.349 e. The summed E-state index contributed by atoms with van der Waals surface area (Å²) in [4.78, 5) is 25.8. The lowest BCUT2D eigenvalue weighted by atomic mass is 9.98. The molecule has 0 bridgehead atoms. The van der Waals surface area contributed by atoms with Crippen LogP contribution < -0.4 is 5.32 Å². The standard InChI is InChI=1S/C17H24N2O2/c1-13-7-6-10-19(12-13)17(21)11-16(18-14(2)20)15-8-4-3-5-9-15/h3-5,8-9,13,16H,6-7,10-12H2,1-2H3,(H,18,20). The van der Waals surface area contributed by atoms with Gasteiger partial charge in [-0.15, -0.1) is 0 Å². The third kappa shape index (κ3) is 4.59. The van der Waals surface area contributed by atoms with Gasteiger partial charge in [-0.2, -0.15) is 0 Å². The van der Waals surface area contributed by atoms with Crippen molar-refractivity contribution in [3.63, 3.8) is 0 Å². The number of amides is 2. The Kier molecular flexibility index (Phi) is 5.37. The zero-order valence-corrected chi connectivity index (χ0v) is 12.8. The molecule has 4 heteroatoms. The van der Waals surface area contributed by atoms with Gasteiger partial charge in [-0.1, -0.05) is 37.3 Å². The van der Waals surface area contributed by atoms with Gasteiger partial charge in [-0.05, 0) is 24.3 Å². The van der Waals surface area contributed by atoms with Crippen LogP contribution in [0.15, 0.2) is 30.3 Å². The van der Waals surface area contributed by atoms with Gasteiger partial charge in [0.2, 0.25) is 11.8 Å². The maximum Gasteiger partial charge on any atom is 0.224 e. The van der Waals surface area contributed by atoms with Gasteiger partial charge in [-0.3, -0.25) is 9.59 Å². The van der Waals surface area contributed by atoms with E-state index < -0.39 is 0 Å². The Labute approximate surface area is 126 Å². The average Bonchev–Trinajstić information content (AvgIpc) is 2.47. The van der Waals surface area contributed by atoms with E-state index in [1.807, 2.05) is 35.2 Å². The number of carbonyl (C=O) groups excluding carboxylic acids is 2. The highest BCUT2D eigenvalue weighted by Crippen LogP contribution is 2.21. The van der Waals surface area contributed by atoms with E-state index in [0.717, 1.165) is 25.1 Å². The van der Waals surface area contributed by atoms with Crippen molar-refractivity contribution in [2.24, 2.45) is 5.92 Å². The first-order chi connectivity index (χ1) is 10.1. The number of rotatable bonds is 4. The van der Waals surface area contributed by atoms with E-state index in [-0.39, 0.29) is 17.9 Å². The maximum atomic E-state index is 12.5. The Bertz CT molecular complexity index is 487. The van der Waals surface area contributed by atoms with Crippen LogP contribution in [0.4, 0.5) is 0 Å². The fraction of sp³-hybridized carbons (Fsp3) is 0.529. The second-order valence-corrected chi connectivity index (χ2v) is 5.96. The monoisotopic (exact) mass is 288 g/mol. The smallest absolute Gasteiger partial charge is 0.224 e. The Morgan fingerprint density at radius 1 is 1.33 bits per heavy atom. The van der Waals surface area contributed by atoms with Crippen molar-refractivity contribution in [2.75, 3.05) is 13.1 Å². The summed E-state index contributed by atoms with van der Waals surface area (Å²) in [6.07, 6.45) is 2.59. The second-order valence-electron chi connectivity index (χ2n) is 5.96. The van der Waals surface area contributed by atoms with Crippen LogP contribution in [0.3, 0.4) is 0 Å². The molecule has 0 spiro atoms. The quantitative estimate of drug-likeness (QED) is 0.925. The molecule has 2 atom stereocenters. The van der Waals surface area contributed by atoms with Gasteiger partial charge in [0, 0.05) is 20.0 Å². The summed E-state index contributed by atoms with van der Waals surface area (Å²) >= 11 is 0. The molecule has 0 aliphatic carbocycles. The number of piperidine rings is 1. The Morgan fingerprint density at radius 2 is 2.05 bits per heavy atom. The number of carbonyl (C=O) groups is 2. The zero-order valence-electron chi connectivity index (χ0n) is 12.8. The summed E-state index contributed by atoms with van der Waals surface area (Å²) < 4.78 is 0. The van der Waals surface area contributed by atoms with Crippen LogP contribution in [-0.4, -0.2) is 29.8 Å². The molecule has 0 saturated carbocycles. The molecule has 114 valence electrons. The van der Waals surface area contributed by atoms with Crippen molar-refractivity contribution >= 4 is 11.8 Å². The Morgan fingerprint density at radius 3 is 2.67 bits per heavy atom. The molecule has 1 aromatic rings. The van der Waals surface area contributed by atoms with Crippen LogP contribution in [-0.2, 0) is 9.59 Å². The van der Waals surface area contributed by atoms with E-state index in [0.29, 0.717) is 12.3 Å². The number of hydrogen-bond donors (Lipinski definition) is 1. The van der Waals surface area contributed by atoms with Crippen LogP contribution >= 0.6 is 0 Å². The molecule has 0 aromatic heterocycles. The molecular formula is C17H24N2O2. The van der Waals surface area contributed by atoms with Crippen molar-refractivity contribution in [1.29, 1.82) is 0 Å². The highest BCUT2D eigenvalue weighted by atomic mass is 16.2. The first kappa shape index (κ1) is 15.5. The Balaban J connectivity index is 2.04. The molecule has 1 fully saturated rings. The molecule has 2 rings (SSSR count). The number of benzene rings is 1. The number of likely N-dealkylation sites (tertiary alicyclic amines) is 1. The lowest BCUT2D eigenvalue weighted by Gasteiger charge is -2.32. The minimum atomic E-state index is -0.242. The van der Waals surface area contributed by atoms with Gasteiger partial charge in [0.1, 0.15) is 0 Å². The third-order valence-electron chi connectivity index (χ3n) is 3.97. The van der Waals surface area contributed by atoms with E-state index in [2.05, 4.69) is 12.2 Å². The van der Waals surface area contributed by atoms with Crippen molar-refractivity contribution in [3.8, 4) is 0 Å². The van der Waals surface area contributed by atoms with E-state index in [9.17, 15) is 9.59 Å². The molecule has 1 heterocycles. The summed E-state index contributed by atoms with van der Waals surface area (Å²) in [5.74, 6) is 0.589. The molecule has 4 nitrogen and oxygen atoms in total. The van der Waals surface area contributed by atoms with E-state index >= 15 is 0 Å². The normalized spacial score (nSPS) is 19.9. The first-order valence-corrected chi connectivity index (χ1v) is 7.66. The van der Waals surface area contributed by atoms with Crippen LogP contribution in [0.2, 0.25) is 0 Å². The molecule has 1 N–H and O–H groups in total. The highest BCUT2D eigenvalue weighted by Gasteiger charge is 2.24. The van der Waals surface area contributed by atoms with Crippen LogP contribution in [0, 0.1) is 5.92 Å². The van der Waals surface area contributed by atoms with Crippen LogP contribution in [0.5, 0.6) is 0 Å². The topological polar surface area (TPSA) is 49.4 Å². The summed E-state index contributed by atoms with van der Waals surface area (Å²) in [7, 11) is 0. The minimum absolute atomic E-state index is 0.108. The van der Waals surface area contributed by atoms with Crippen molar-refractivity contribution < 1.29 is 9.59 Å². The molecule has 1 aliphatic heterocycles. The van der Waals surface area contributed by atoms with Gasteiger partial charge in [0.15, 0.2) is 0 Å². The predicted octanol–water partition coefficient (Wildman–Crippen LogP) is 2.51. The fourth-order valence-electron chi connectivity index (χ4n) is 2.90.